The van der Waals surface area contributed by atoms with Crippen LogP contribution in [0.2, 0.25) is 0 Å². The van der Waals surface area contributed by atoms with Crippen LogP contribution in [0.5, 0.6) is 11.5 Å². The number of alkyl halides is 5. The fraction of sp³-hybridized carbons (Fsp3) is 0.290. The Morgan fingerprint density at radius 2 is 1.42 bits per heavy atom. The number of halogens is 6. The Morgan fingerprint density at radius 1 is 0.778 bits per heavy atom. The van der Waals surface area contributed by atoms with Gasteiger partial charge in [0.25, 0.3) is 0 Å². The molecule has 8 nitrogen and oxygen atoms in total. The Bertz CT molecular complexity index is 1460. The predicted molar refractivity (Wildman–Crippen MR) is 153 cm³/mol. The summed E-state index contributed by atoms with van der Waals surface area (Å²) in [6.07, 6.45) is -6.47. The zero-order valence-electron chi connectivity index (χ0n) is 23.7. The molecule has 0 amide bonds. The molecule has 0 aromatic heterocycles. The summed E-state index contributed by atoms with van der Waals surface area (Å²) in [6, 6.07) is 11.8. The van der Waals surface area contributed by atoms with Crippen molar-refractivity contribution in [3.8, 4) is 11.5 Å². The van der Waals surface area contributed by atoms with Gasteiger partial charge in [-0.3, -0.25) is 0 Å². The van der Waals surface area contributed by atoms with Crippen molar-refractivity contribution in [3.63, 3.8) is 0 Å². The Hall–Kier alpha value is -4.88. The van der Waals surface area contributed by atoms with E-state index in [2.05, 4.69) is 0 Å². The van der Waals surface area contributed by atoms with Crippen molar-refractivity contribution < 1.29 is 54.9 Å². The van der Waals surface area contributed by atoms with Crippen molar-refractivity contribution in [2.45, 2.75) is 38.0 Å². The lowest BCUT2D eigenvalue weighted by molar-refractivity contribution is -0.185. The number of hydrogen-bond acceptors (Lipinski definition) is 8. The van der Waals surface area contributed by atoms with E-state index in [1.807, 2.05) is 0 Å². The molecule has 0 bridgehead atoms. The number of nitrogen functional groups attached to an aromatic ring is 2. The van der Waals surface area contributed by atoms with Crippen LogP contribution in [-0.4, -0.2) is 37.9 Å². The summed E-state index contributed by atoms with van der Waals surface area (Å²) in [7, 11) is 0. The highest BCUT2D eigenvalue weighted by Crippen LogP contribution is 2.34. The Morgan fingerprint density at radius 3 is 2.04 bits per heavy atom. The summed E-state index contributed by atoms with van der Waals surface area (Å²) in [5.74, 6) is -3.13. The third-order valence-electron chi connectivity index (χ3n) is 5.90. The molecule has 45 heavy (non-hydrogen) atoms. The van der Waals surface area contributed by atoms with Crippen LogP contribution in [-0.2, 0) is 20.4 Å². The fourth-order valence-corrected chi connectivity index (χ4v) is 3.74. The van der Waals surface area contributed by atoms with E-state index in [-0.39, 0.29) is 24.5 Å². The van der Waals surface area contributed by atoms with Gasteiger partial charge in [0, 0.05) is 23.9 Å². The number of nitrogens with two attached hydrogens (primary N) is 2. The Labute approximate surface area is 254 Å². The van der Waals surface area contributed by atoms with Gasteiger partial charge in [0.15, 0.2) is 11.6 Å². The second-order valence-corrected chi connectivity index (χ2v) is 9.63. The predicted octanol–water partition coefficient (Wildman–Crippen LogP) is 7.03. The highest BCUT2D eigenvalue weighted by Gasteiger charge is 2.35. The monoisotopic (exact) mass is 640 g/mol. The molecule has 0 unspecified atom stereocenters. The van der Waals surface area contributed by atoms with E-state index in [4.69, 9.17) is 30.4 Å². The van der Waals surface area contributed by atoms with E-state index in [0.717, 1.165) is 18.2 Å². The van der Waals surface area contributed by atoms with E-state index in [1.54, 1.807) is 0 Å². The van der Waals surface area contributed by atoms with E-state index in [9.17, 15) is 35.9 Å². The summed E-state index contributed by atoms with van der Waals surface area (Å²) >= 11 is 0. The highest BCUT2D eigenvalue weighted by atomic mass is 19.4. The highest BCUT2D eigenvalue weighted by molar-refractivity contribution is 5.91. The number of hydrogen-bond donors (Lipinski definition) is 2. The van der Waals surface area contributed by atoms with E-state index in [0.29, 0.717) is 35.8 Å². The smallest absolute Gasteiger partial charge is 0.426 e. The molecule has 3 rings (SSSR count). The number of unbranched alkanes of at least 4 members (excludes halogenated alkanes) is 1. The number of anilines is 2. The molecule has 3 aromatic carbocycles. The van der Waals surface area contributed by atoms with Crippen LogP contribution < -0.4 is 20.9 Å². The number of esters is 2. The van der Waals surface area contributed by atoms with Crippen molar-refractivity contribution in [2.75, 3.05) is 31.3 Å². The first-order valence-corrected chi connectivity index (χ1v) is 13.6. The quantitative estimate of drug-likeness (QED) is 0.0597. The minimum absolute atomic E-state index is 0.0690. The van der Waals surface area contributed by atoms with Gasteiger partial charge in [-0.2, -0.15) is 22.0 Å². The molecule has 0 saturated heterocycles. The van der Waals surface area contributed by atoms with Gasteiger partial charge in [-0.05, 0) is 79.4 Å². The molecule has 14 heteroatoms. The van der Waals surface area contributed by atoms with Crippen LogP contribution in [0.25, 0.3) is 6.08 Å². The molecule has 0 aliphatic carbocycles. The average molecular weight is 641 g/mol. The van der Waals surface area contributed by atoms with Crippen molar-refractivity contribution >= 4 is 29.4 Å². The molecule has 4 N–H and O–H groups in total. The van der Waals surface area contributed by atoms with Crippen LogP contribution in [0.4, 0.5) is 37.7 Å². The molecular weight excluding hydrogens is 610 g/mol. The third kappa shape index (κ3) is 12.0. The summed E-state index contributed by atoms with van der Waals surface area (Å²) in [5.41, 5.74) is 11.8. The van der Waals surface area contributed by atoms with E-state index in [1.165, 1.54) is 48.5 Å². The normalized spacial score (nSPS) is 11.8. The average Bonchev–Trinajstić information content (AvgIpc) is 2.96. The second-order valence-electron chi connectivity index (χ2n) is 9.63. The summed E-state index contributed by atoms with van der Waals surface area (Å²) < 4.78 is 99.9. The van der Waals surface area contributed by atoms with Crippen LogP contribution in [0.1, 0.15) is 47.2 Å². The van der Waals surface area contributed by atoms with E-state index >= 15 is 0 Å². The van der Waals surface area contributed by atoms with Crippen LogP contribution in [0.15, 0.2) is 66.7 Å². The molecule has 0 heterocycles. The van der Waals surface area contributed by atoms with E-state index < -0.39 is 60.8 Å². The maximum Gasteiger partial charge on any atom is 0.426 e. The Kier molecular flexibility index (Phi) is 12.1. The van der Waals surface area contributed by atoms with Crippen LogP contribution >= 0.6 is 0 Å². The van der Waals surface area contributed by atoms with Crippen LogP contribution in [0.3, 0.4) is 0 Å². The van der Waals surface area contributed by atoms with Gasteiger partial charge < -0.3 is 30.4 Å². The molecule has 242 valence electrons. The van der Waals surface area contributed by atoms with Gasteiger partial charge in [-0.25, -0.2) is 14.0 Å². The SMILES string of the molecule is Nc1cc(N)cc(C(=O)OCCCCOC(=O)/C=C/c2ccc(OC(F)(F)c3ccc(OCCCC(F)(F)F)c(F)c3)cc2)c1. The van der Waals surface area contributed by atoms with Gasteiger partial charge in [0.1, 0.15) is 5.75 Å². The number of benzene rings is 3. The third-order valence-corrected chi connectivity index (χ3v) is 5.90. The standard InChI is InChI=1S/C31H30F6N2O6/c32-26-18-22(7-10-27(26)42-15-3-12-30(33,34)35)31(36,37)45-25-8-4-20(5-9-25)6-11-28(40)43-13-1-2-14-44-29(41)21-16-23(38)19-24(39)17-21/h4-11,16-19H,1-3,12-15,38-39H2/b11-6+. The number of carbonyl (C=O) groups excluding carboxylic acids is 2. The lowest BCUT2D eigenvalue weighted by Gasteiger charge is -2.19. The zero-order chi connectivity index (χ0) is 33.0. The number of rotatable bonds is 15. The first kappa shape index (κ1) is 34.6. The summed E-state index contributed by atoms with van der Waals surface area (Å²) in [5, 5.41) is 0. The minimum Gasteiger partial charge on any atom is -0.491 e. The first-order valence-electron chi connectivity index (χ1n) is 13.6. The molecule has 0 aliphatic rings. The lowest BCUT2D eigenvalue weighted by atomic mass is 10.2. The number of ether oxygens (including phenoxy) is 4. The zero-order valence-corrected chi connectivity index (χ0v) is 23.7. The maximum atomic E-state index is 14.6. The van der Waals surface area contributed by atoms with Crippen molar-refractivity contribution in [1.82, 2.24) is 0 Å². The molecule has 0 aliphatic heterocycles. The van der Waals surface area contributed by atoms with Crippen molar-refractivity contribution in [3.05, 3.63) is 89.2 Å². The Balaban J connectivity index is 1.39. The fourth-order valence-electron chi connectivity index (χ4n) is 3.74. The molecule has 0 radical (unpaired) electrons. The molecular formula is C31H30F6N2O6. The number of carbonyl (C=O) groups is 2. The summed E-state index contributed by atoms with van der Waals surface area (Å²) in [6.45, 7) is -0.278. The van der Waals surface area contributed by atoms with Gasteiger partial charge >= 0.3 is 24.2 Å². The van der Waals surface area contributed by atoms with Gasteiger partial charge in [0.05, 0.1) is 30.9 Å². The maximum absolute atomic E-state index is 14.6. The minimum atomic E-state index is -4.38. The summed E-state index contributed by atoms with van der Waals surface area (Å²) in [4.78, 5) is 24.0. The lowest BCUT2D eigenvalue weighted by Crippen LogP contribution is -2.22. The topological polar surface area (TPSA) is 123 Å². The molecule has 0 fully saturated rings. The molecule has 0 spiro atoms. The largest absolute Gasteiger partial charge is 0.491 e. The van der Waals surface area contributed by atoms with Crippen LogP contribution in [0, 0.1) is 5.82 Å². The molecule has 0 saturated carbocycles. The molecule has 3 aromatic rings. The van der Waals surface area contributed by atoms with Gasteiger partial charge in [0.2, 0.25) is 0 Å². The van der Waals surface area contributed by atoms with Gasteiger partial charge in [-0.15, -0.1) is 0 Å². The van der Waals surface area contributed by atoms with Crippen molar-refractivity contribution in [1.29, 1.82) is 0 Å². The van der Waals surface area contributed by atoms with Crippen molar-refractivity contribution in [2.24, 2.45) is 0 Å². The van der Waals surface area contributed by atoms with Gasteiger partial charge in [-0.1, -0.05) is 12.1 Å². The second kappa shape index (κ2) is 15.7. The first-order chi connectivity index (χ1) is 21.2. The molecule has 0 atom stereocenters.